The lowest BCUT2D eigenvalue weighted by Gasteiger charge is -2.21. The number of rotatable bonds is 6. The van der Waals surface area contributed by atoms with Crippen molar-refractivity contribution in [2.75, 3.05) is 13.2 Å². The molecule has 2 aromatic rings. The molecular formula is C16H18ClNO4. The molecule has 0 saturated carbocycles. The first kappa shape index (κ1) is 16.4. The molecule has 1 aromatic carbocycles. The summed E-state index contributed by atoms with van der Waals surface area (Å²) >= 11 is 5.98. The van der Waals surface area contributed by atoms with Gasteiger partial charge in [0.2, 0.25) is 0 Å². The van der Waals surface area contributed by atoms with Gasteiger partial charge < -0.3 is 19.6 Å². The summed E-state index contributed by atoms with van der Waals surface area (Å²) < 4.78 is 10.6. The van der Waals surface area contributed by atoms with E-state index < -0.39 is 5.60 Å². The minimum atomic E-state index is -1.27. The fraction of sp³-hybridized carbons (Fsp3) is 0.312. The van der Waals surface area contributed by atoms with Crippen molar-refractivity contribution in [3.8, 4) is 5.75 Å². The van der Waals surface area contributed by atoms with Gasteiger partial charge in [-0.05, 0) is 38.1 Å². The van der Waals surface area contributed by atoms with Crippen LogP contribution in [0.1, 0.15) is 18.2 Å². The van der Waals surface area contributed by atoms with E-state index in [0.29, 0.717) is 16.5 Å². The van der Waals surface area contributed by atoms with Crippen LogP contribution in [-0.2, 0) is 10.4 Å². The maximum Gasteiger partial charge on any atom is 0.258 e. The number of furan rings is 1. The molecule has 2 rings (SSSR count). The van der Waals surface area contributed by atoms with Crippen LogP contribution in [0.4, 0.5) is 0 Å². The highest BCUT2D eigenvalue weighted by Gasteiger charge is 2.26. The molecule has 1 heterocycles. The molecule has 1 amide bonds. The minimum absolute atomic E-state index is 0.0250. The molecule has 118 valence electrons. The van der Waals surface area contributed by atoms with Crippen molar-refractivity contribution in [2.24, 2.45) is 0 Å². The average molecular weight is 324 g/mol. The highest BCUT2D eigenvalue weighted by Crippen LogP contribution is 2.25. The van der Waals surface area contributed by atoms with Crippen molar-refractivity contribution in [1.29, 1.82) is 0 Å². The van der Waals surface area contributed by atoms with Gasteiger partial charge in [-0.1, -0.05) is 17.7 Å². The monoisotopic (exact) mass is 323 g/mol. The van der Waals surface area contributed by atoms with Crippen LogP contribution in [0.3, 0.4) is 0 Å². The van der Waals surface area contributed by atoms with Gasteiger partial charge in [-0.3, -0.25) is 4.79 Å². The molecule has 1 aromatic heterocycles. The van der Waals surface area contributed by atoms with E-state index in [1.165, 1.54) is 6.26 Å². The largest absolute Gasteiger partial charge is 0.483 e. The second-order valence-electron chi connectivity index (χ2n) is 5.18. The SMILES string of the molecule is Cc1c(Cl)cccc1OCC(=O)NCC(C)(O)c1ccco1. The molecule has 0 aliphatic carbocycles. The van der Waals surface area contributed by atoms with Crippen LogP contribution in [0.15, 0.2) is 41.0 Å². The molecule has 22 heavy (non-hydrogen) atoms. The first-order valence-corrected chi connectivity index (χ1v) is 7.19. The maximum absolute atomic E-state index is 11.8. The Hall–Kier alpha value is -1.98. The van der Waals surface area contributed by atoms with Gasteiger partial charge in [0.05, 0.1) is 12.8 Å². The summed E-state index contributed by atoms with van der Waals surface area (Å²) in [5, 5.41) is 13.4. The average Bonchev–Trinajstić information content (AvgIpc) is 3.02. The summed E-state index contributed by atoms with van der Waals surface area (Å²) in [6.45, 7) is 3.25. The van der Waals surface area contributed by atoms with Gasteiger partial charge in [0.1, 0.15) is 17.1 Å². The molecule has 1 atom stereocenters. The summed E-state index contributed by atoms with van der Waals surface area (Å²) in [6, 6.07) is 8.58. The van der Waals surface area contributed by atoms with Gasteiger partial charge in [0.25, 0.3) is 5.91 Å². The zero-order chi connectivity index (χ0) is 16.2. The fourth-order valence-electron chi connectivity index (χ4n) is 1.88. The van der Waals surface area contributed by atoms with Crippen molar-refractivity contribution < 1.29 is 19.1 Å². The number of carbonyl (C=O) groups is 1. The molecule has 0 radical (unpaired) electrons. The minimum Gasteiger partial charge on any atom is -0.483 e. The molecule has 2 N–H and O–H groups in total. The highest BCUT2D eigenvalue weighted by atomic mass is 35.5. The maximum atomic E-state index is 11.8. The summed E-state index contributed by atoms with van der Waals surface area (Å²) in [7, 11) is 0. The van der Waals surface area contributed by atoms with E-state index in [-0.39, 0.29) is 19.1 Å². The number of ether oxygens (including phenoxy) is 1. The lowest BCUT2D eigenvalue weighted by atomic mass is 10.0. The quantitative estimate of drug-likeness (QED) is 0.857. The summed E-state index contributed by atoms with van der Waals surface area (Å²) in [4.78, 5) is 11.8. The van der Waals surface area contributed by atoms with Crippen molar-refractivity contribution in [3.05, 3.63) is 52.9 Å². The van der Waals surface area contributed by atoms with Gasteiger partial charge >= 0.3 is 0 Å². The Kier molecular flexibility index (Phi) is 5.11. The van der Waals surface area contributed by atoms with Crippen LogP contribution in [0.2, 0.25) is 5.02 Å². The Morgan fingerprint density at radius 2 is 2.18 bits per heavy atom. The van der Waals surface area contributed by atoms with E-state index in [9.17, 15) is 9.90 Å². The number of benzene rings is 1. The predicted octanol–water partition coefficient (Wildman–Crippen LogP) is 2.64. The molecule has 5 nitrogen and oxygen atoms in total. The standard InChI is InChI=1S/C16H18ClNO4/c1-11-12(17)5-3-6-13(11)22-9-15(19)18-10-16(2,20)14-7-4-8-21-14/h3-8,20H,9-10H2,1-2H3,(H,18,19). The van der Waals surface area contributed by atoms with Crippen LogP contribution in [0.25, 0.3) is 0 Å². The Labute approximate surface area is 133 Å². The zero-order valence-electron chi connectivity index (χ0n) is 12.4. The Balaban J connectivity index is 1.85. The molecule has 6 heteroatoms. The number of carbonyl (C=O) groups excluding carboxylic acids is 1. The molecule has 0 bridgehead atoms. The molecule has 0 aliphatic heterocycles. The van der Waals surface area contributed by atoms with Gasteiger partial charge in [-0.2, -0.15) is 0 Å². The molecule has 1 unspecified atom stereocenters. The molecular weight excluding hydrogens is 306 g/mol. The number of hydrogen-bond acceptors (Lipinski definition) is 4. The lowest BCUT2D eigenvalue weighted by Crippen LogP contribution is -2.40. The number of nitrogens with one attached hydrogen (secondary N) is 1. The molecule has 0 spiro atoms. The smallest absolute Gasteiger partial charge is 0.258 e. The van der Waals surface area contributed by atoms with Gasteiger partial charge in [0, 0.05) is 10.6 Å². The van der Waals surface area contributed by atoms with E-state index in [1.807, 2.05) is 6.92 Å². The zero-order valence-corrected chi connectivity index (χ0v) is 13.2. The normalized spacial score (nSPS) is 13.5. The van der Waals surface area contributed by atoms with Gasteiger partial charge in [0.15, 0.2) is 6.61 Å². The number of halogens is 1. The summed E-state index contributed by atoms with van der Waals surface area (Å²) in [6.07, 6.45) is 1.47. The summed E-state index contributed by atoms with van der Waals surface area (Å²) in [5.74, 6) is 0.603. The van der Waals surface area contributed by atoms with E-state index in [2.05, 4.69) is 5.32 Å². The second kappa shape index (κ2) is 6.85. The second-order valence-corrected chi connectivity index (χ2v) is 5.59. The van der Waals surface area contributed by atoms with Crippen molar-refractivity contribution in [2.45, 2.75) is 19.4 Å². The third-order valence-corrected chi connectivity index (χ3v) is 3.67. The third-order valence-electron chi connectivity index (χ3n) is 3.26. The van der Waals surface area contributed by atoms with Crippen molar-refractivity contribution in [3.63, 3.8) is 0 Å². The predicted molar refractivity (Wildman–Crippen MR) is 83.0 cm³/mol. The van der Waals surface area contributed by atoms with Crippen molar-refractivity contribution in [1.82, 2.24) is 5.32 Å². The fourth-order valence-corrected chi connectivity index (χ4v) is 2.05. The van der Waals surface area contributed by atoms with Crippen LogP contribution in [0.5, 0.6) is 5.75 Å². The Morgan fingerprint density at radius 3 is 2.86 bits per heavy atom. The first-order valence-electron chi connectivity index (χ1n) is 6.81. The number of aliphatic hydroxyl groups is 1. The number of amides is 1. The van der Waals surface area contributed by atoms with Crippen LogP contribution in [0, 0.1) is 6.92 Å². The van der Waals surface area contributed by atoms with E-state index in [1.54, 1.807) is 37.3 Å². The van der Waals surface area contributed by atoms with Crippen LogP contribution >= 0.6 is 11.6 Å². The number of hydrogen-bond donors (Lipinski definition) is 2. The summed E-state index contributed by atoms with van der Waals surface area (Å²) in [5.41, 5.74) is -0.495. The molecule has 0 saturated heterocycles. The topological polar surface area (TPSA) is 71.7 Å². The third kappa shape index (κ3) is 4.02. The Morgan fingerprint density at radius 1 is 1.41 bits per heavy atom. The van der Waals surface area contributed by atoms with E-state index in [4.69, 9.17) is 20.8 Å². The lowest BCUT2D eigenvalue weighted by molar-refractivity contribution is -0.124. The first-order chi connectivity index (χ1) is 10.4. The highest BCUT2D eigenvalue weighted by molar-refractivity contribution is 6.31. The van der Waals surface area contributed by atoms with Gasteiger partial charge in [-0.25, -0.2) is 0 Å². The van der Waals surface area contributed by atoms with E-state index >= 15 is 0 Å². The van der Waals surface area contributed by atoms with Crippen LogP contribution < -0.4 is 10.1 Å². The van der Waals surface area contributed by atoms with Gasteiger partial charge in [-0.15, -0.1) is 0 Å². The van der Waals surface area contributed by atoms with E-state index in [0.717, 1.165) is 5.56 Å². The Bertz CT molecular complexity index is 638. The molecule has 0 fully saturated rings. The molecule has 0 aliphatic rings. The van der Waals surface area contributed by atoms with Crippen LogP contribution in [-0.4, -0.2) is 24.2 Å². The van der Waals surface area contributed by atoms with Crippen molar-refractivity contribution >= 4 is 17.5 Å².